The van der Waals surface area contributed by atoms with Crippen LogP contribution in [0.4, 0.5) is 0 Å². The van der Waals surface area contributed by atoms with Crippen LogP contribution in [0.1, 0.15) is 30.0 Å². The molecular formula is C22H20N2O4. The number of aryl methyl sites for hydroxylation is 1. The number of phenols is 1. The van der Waals surface area contributed by atoms with Crippen molar-refractivity contribution < 1.29 is 19.1 Å². The van der Waals surface area contributed by atoms with Crippen LogP contribution in [-0.4, -0.2) is 22.0 Å². The third kappa shape index (κ3) is 3.24. The van der Waals surface area contributed by atoms with Gasteiger partial charge in [-0.15, -0.1) is 0 Å². The smallest absolute Gasteiger partial charge is 0.255 e. The first kappa shape index (κ1) is 17.9. The highest BCUT2D eigenvalue weighted by atomic mass is 16.5. The Morgan fingerprint density at radius 1 is 1.14 bits per heavy atom. The normalized spacial score (nSPS) is 11.3. The van der Waals surface area contributed by atoms with Gasteiger partial charge in [-0.1, -0.05) is 0 Å². The van der Waals surface area contributed by atoms with E-state index in [1.54, 1.807) is 49.5 Å². The van der Waals surface area contributed by atoms with Crippen molar-refractivity contribution in [2.45, 2.75) is 26.8 Å². The zero-order valence-electron chi connectivity index (χ0n) is 15.8. The van der Waals surface area contributed by atoms with E-state index in [4.69, 9.17) is 9.15 Å². The molecule has 2 N–H and O–H groups in total. The Hall–Kier alpha value is -3.54. The Balaban J connectivity index is 1.71. The van der Waals surface area contributed by atoms with E-state index < -0.39 is 0 Å². The summed E-state index contributed by atoms with van der Waals surface area (Å²) in [4.78, 5) is 16.7. The number of amides is 1. The minimum Gasteiger partial charge on any atom is -0.508 e. The van der Waals surface area contributed by atoms with Gasteiger partial charge in [0, 0.05) is 35.1 Å². The number of fused-ring (bicyclic) bond motifs is 2. The molecule has 2 aromatic heterocycles. The SMILES string of the molecule is Cc1oc2cc(Oc3ccnc4cc(O)ccc34)ccc2c1C(=O)NC(C)C. The van der Waals surface area contributed by atoms with Crippen LogP contribution < -0.4 is 10.1 Å². The van der Waals surface area contributed by atoms with E-state index in [2.05, 4.69) is 10.3 Å². The largest absolute Gasteiger partial charge is 0.508 e. The summed E-state index contributed by atoms with van der Waals surface area (Å²) in [6.45, 7) is 5.61. The molecule has 6 heteroatoms. The Bertz CT molecular complexity index is 1190. The van der Waals surface area contributed by atoms with Gasteiger partial charge in [0.25, 0.3) is 5.91 Å². The van der Waals surface area contributed by atoms with Gasteiger partial charge >= 0.3 is 0 Å². The van der Waals surface area contributed by atoms with Gasteiger partial charge < -0.3 is 19.6 Å². The number of furan rings is 1. The van der Waals surface area contributed by atoms with Gasteiger partial charge in [0.05, 0.1) is 11.1 Å². The monoisotopic (exact) mass is 376 g/mol. The standard InChI is InChI=1S/C22H20N2O4/c1-12(2)24-22(26)21-13(3)27-20-11-15(5-7-17(20)21)28-19-8-9-23-18-10-14(25)4-6-16(18)19/h4-12,25H,1-3H3,(H,24,26). The Morgan fingerprint density at radius 2 is 1.93 bits per heavy atom. The molecule has 0 aliphatic heterocycles. The van der Waals surface area contributed by atoms with E-state index in [-0.39, 0.29) is 17.7 Å². The third-order valence-electron chi connectivity index (χ3n) is 4.40. The lowest BCUT2D eigenvalue weighted by atomic mass is 10.1. The van der Waals surface area contributed by atoms with Gasteiger partial charge in [0.15, 0.2) is 0 Å². The molecule has 0 fully saturated rings. The Labute approximate surface area is 161 Å². The number of aromatic hydroxyl groups is 1. The van der Waals surface area contributed by atoms with Crippen molar-refractivity contribution in [2.24, 2.45) is 0 Å². The zero-order valence-corrected chi connectivity index (χ0v) is 15.8. The molecule has 4 rings (SSSR count). The lowest BCUT2D eigenvalue weighted by molar-refractivity contribution is 0.0943. The lowest BCUT2D eigenvalue weighted by Crippen LogP contribution is -2.30. The molecule has 0 saturated heterocycles. The maximum Gasteiger partial charge on any atom is 0.255 e. The second-order valence-electron chi connectivity index (χ2n) is 6.93. The topological polar surface area (TPSA) is 84.6 Å². The maximum absolute atomic E-state index is 12.5. The molecular weight excluding hydrogens is 356 g/mol. The number of carbonyl (C=O) groups is 1. The summed E-state index contributed by atoms with van der Waals surface area (Å²) in [5.74, 6) is 1.76. The molecule has 0 aliphatic carbocycles. The van der Waals surface area contributed by atoms with E-state index in [0.29, 0.717) is 33.9 Å². The predicted molar refractivity (Wildman–Crippen MR) is 107 cm³/mol. The van der Waals surface area contributed by atoms with Gasteiger partial charge in [0.2, 0.25) is 0 Å². The number of pyridine rings is 1. The van der Waals surface area contributed by atoms with Crippen LogP contribution in [0.25, 0.3) is 21.9 Å². The van der Waals surface area contributed by atoms with Gasteiger partial charge in [-0.3, -0.25) is 9.78 Å². The van der Waals surface area contributed by atoms with E-state index in [9.17, 15) is 9.90 Å². The molecule has 6 nitrogen and oxygen atoms in total. The number of hydrogen-bond donors (Lipinski definition) is 2. The Morgan fingerprint density at radius 3 is 2.71 bits per heavy atom. The van der Waals surface area contributed by atoms with Crippen molar-refractivity contribution in [3.63, 3.8) is 0 Å². The van der Waals surface area contributed by atoms with Crippen LogP contribution in [0.5, 0.6) is 17.2 Å². The number of rotatable bonds is 4. The summed E-state index contributed by atoms with van der Waals surface area (Å²) in [6.07, 6.45) is 1.63. The fourth-order valence-corrected chi connectivity index (χ4v) is 3.21. The molecule has 2 heterocycles. The Kier molecular flexibility index (Phi) is 4.39. The number of hydrogen-bond acceptors (Lipinski definition) is 5. The number of nitrogens with one attached hydrogen (secondary N) is 1. The van der Waals surface area contributed by atoms with Crippen molar-refractivity contribution in [3.05, 3.63) is 60.0 Å². The van der Waals surface area contributed by atoms with E-state index in [1.165, 1.54) is 0 Å². The number of carbonyl (C=O) groups excluding carboxylic acids is 1. The minimum atomic E-state index is -0.153. The highest BCUT2D eigenvalue weighted by molar-refractivity contribution is 6.07. The van der Waals surface area contributed by atoms with Crippen molar-refractivity contribution >= 4 is 27.8 Å². The van der Waals surface area contributed by atoms with Crippen LogP contribution >= 0.6 is 0 Å². The zero-order chi connectivity index (χ0) is 19.8. The van der Waals surface area contributed by atoms with E-state index >= 15 is 0 Å². The number of aromatic nitrogens is 1. The second-order valence-corrected chi connectivity index (χ2v) is 6.93. The van der Waals surface area contributed by atoms with E-state index in [1.807, 2.05) is 19.9 Å². The molecule has 0 spiro atoms. The highest BCUT2D eigenvalue weighted by Gasteiger charge is 2.19. The number of nitrogens with zero attached hydrogens (tertiary/aromatic N) is 1. The predicted octanol–water partition coefficient (Wildman–Crippen LogP) is 4.93. The number of ether oxygens (including phenoxy) is 1. The highest BCUT2D eigenvalue weighted by Crippen LogP contribution is 2.34. The average molecular weight is 376 g/mol. The first-order valence-corrected chi connectivity index (χ1v) is 9.02. The molecule has 0 bridgehead atoms. The van der Waals surface area contributed by atoms with Gasteiger partial charge in [0.1, 0.15) is 28.6 Å². The van der Waals surface area contributed by atoms with Crippen LogP contribution in [0, 0.1) is 6.92 Å². The van der Waals surface area contributed by atoms with Gasteiger partial charge in [-0.05, 0) is 51.1 Å². The van der Waals surface area contributed by atoms with Crippen LogP contribution in [-0.2, 0) is 0 Å². The van der Waals surface area contributed by atoms with Crippen molar-refractivity contribution in [1.29, 1.82) is 0 Å². The molecule has 0 saturated carbocycles. The van der Waals surface area contributed by atoms with Crippen molar-refractivity contribution in [2.75, 3.05) is 0 Å². The maximum atomic E-state index is 12.5. The fourth-order valence-electron chi connectivity index (χ4n) is 3.21. The second kappa shape index (κ2) is 6.88. The molecule has 0 aliphatic rings. The molecule has 0 atom stereocenters. The summed E-state index contributed by atoms with van der Waals surface area (Å²) in [5.41, 5.74) is 1.76. The molecule has 2 aromatic carbocycles. The average Bonchev–Trinajstić information content (AvgIpc) is 2.96. The summed E-state index contributed by atoms with van der Waals surface area (Å²) in [5, 5.41) is 14.1. The summed E-state index contributed by atoms with van der Waals surface area (Å²) in [6, 6.07) is 12.1. The van der Waals surface area contributed by atoms with Crippen molar-refractivity contribution in [3.8, 4) is 17.2 Å². The molecule has 142 valence electrons. The van der Waals surface area contributed by atoms with E-state index in [0.717, 1.165) is 10.8 Å². The first-order valence-electron chi connectivity index (χ1n) is 9.02. The molecule has 0 unspecified atom stereocenters. The van der Waals surface area contributed by atoms with Crippen LogP contribution in [0.3, 0.4) is 0 Å². The third-order valence-corrected chi connectivity index (χ3v) is 4.40. The van der Waals surface area contributed by atoms with Crippen LogP contribution in [0.15, 0.2) is 53.1 Å². The first-order chi connectivity index (χ1) is 13.4. The molecule has 4 aromatic rings. The van der Waals surface area contributed by atoms with Crippen molar-refractivity contribution in [1.82, 2.24) is 10.3 Å². The van der Waals surface area contributed by atoms with Gasteiger partial charge in [-0.25, -0.2) is 0 Å². The minimum absolute atomic E-state index is 0.0406. The quantitative estimate of drug-likeness (QED) is 0.528. The number of benzene rings is 2. The van der Waals surface area contributed by atoms with Crippen LogP contribution in [0.2, 0.25) is 0 Å². The summed E-state index contributed by atoms with van der Waals surface area (Å²) in [7, 11) is 0. The molecule has 28 heavy (non-hydrogen) atoms. The number of phenolic OH excluding ortho intramolecular Hbond substituents is 1. The molecule has 1 amide bonds. The fraction of sp³-hybridized carbons (Fsp3) is 0.182. The van der Waals surface area contributed by atoms with Gasteiger partial charge in [-0.2, -0.15) is 0 Å². The summed E-state index contributed by atoms with van der Waals surface area (Å²) >= 11 is 0. The lowest BCUT2D eigenvalue weighted by Gasteiger charge is -2.09. The summed E-state index contributed by atoms with van der Waals surface area (Å²) < 4.78 is 11.8. The molecule has 0 radical (unpaired) electrons.